The van der Waals surface area contributed by atoms with Crippen LogP contribution in [-0.4, -0.2) is 104 Å². The van der Waals surface area contributed by atoms with Crippen LogP contribution in [0.25, 0.3) is 0 Å². The molecule has 0 aliphatic heterocycles. The van der Waals surface area contributed by atoms with Gasteiger partial charge < -0.3 is 37.9 Å². The molecule has 0 aromatic carbocycles. The van der Waals surface area contributed by atoms with Gasteiger partial charge >= 0.3 is 0 Å². The minimum Gasteiger partial charge on any atom is -0.499 e. The van der Waals surface area contributed by atoms with Gasteiger partial charge in [-0.1, -0.05) is 38.3 Å². The molecule has 0 amide bonds. The molecule has 0 spiro atoms. The highest BCUT2D eigenvalue weighted by atomic mass is 19.3. The van der Waals surface area contributed by atoms with Gasteiger partial charge in [-0.3, -0.25) is 0 Å². The van der Waals surface area contributed by atoms with Crippen molar-refractivity contribution in [1.82, 2.24) is 0 Å². The number of alkyl halides is 2. The molecular weight excluding hydrogens is 562 g/mol. The summed E-state index contributed by atoms with van der Waals surface area (Å²) in [5.41, 5.74) is 0. The van der Waals surface area contributed by atoms with Crippen molar-refractivity contribution in [2.75, 3.05) is 79.3 Å². The van der Waals surface area contributed by atoms with E-state index in [-0.39, 0.29) is 25.9 Å². The Labute approximate surface area is 261 Å². The van der Waals surface area contributed by atoms with Gasteiger partial charge in [0.25, 0.3) is 5.92 Å². The van der Waals surface area contributed by atoms with Crippen molar-refractivity contribution in [3.05, 3.63) is 25.5 Å². The zero-order valence-electron chi connectivity index (χ0n) is 28.0. The molecule has 0 saturated carbocycles. The SMILES string of the molecule is C#CCOCCOC(C)C.C#CCOCCOCC(F)(F)C(C)C.C=CCOCCOC(C)C.C=COCCOC(C)C. The summed E-state index contributed by atoms with van der Waals surface area (Å²) in [7, 11) is 0. The highest BCUT2D eigenvalue weighted by Gasteiger charge is 2.33. The van der Waals surface area contributed by atoms with Crippen LogP contribution in [0.5, 0.6) is 0 Å². The van der Waals surface area contributed by atoms with E-state index in [9.17, 15) is 8.78 Å². The van der Waals surface area contributed by atoms with Gasteiger partial charge in [0.05, 0.1) is 77.4 Å². The molecule has 0 aliphatic rings. The topological polar surface area (TPSA) is 73.8 Å². The van der Waals surface area contributed by atoms with Gasteiger partial charge in [-0.2, -0.15) is 0 Å². The predicted molar refractivity (Wildman–Crippen MR) is 170 cm³/mol. The van der Waals surface area contributed by atoms with E-state index in [0.717, 1.165) is 0 Å². The number of terminal acetylenes is 2. The van der Waals surface area contributed by atoms with Crippen molar-refractivity contribution >= 4 is 0 Å². The van der Waals surface area contributed by atoms with Crippen molar-refractivity contribution in [1.29, 1.82) is 0 Å². The molecule has 254 valence electrons. The van der Waals surface area contributed by atoms with Gasteiger partial charge in [-0.05, 0) is 41.5 Å². The second-order valence-electron chi connectivity index (χ2n) is 9.64. The van der Waals surface area contributed by atoms with E-state index in [4.69, 9.17) is 50.7 Å². The molecule has 0 bridgehead atoms. The van der Waals surface area contributed by atoms with Crippen LogP contribution in [0.4, 0.5) is 8.78 Å². The van der Waals surface area contributed by atoms with E-state index >= 15 is 0 Å². The van der Waals surface area contributed by atoms with Gasteiger partial charge in [-0.25, -0.2) is 8.78 Å². The minimum absolute atomic E-state index is 0.143. The van der Waals surface area contributed by atoms with E-state index in [1.807, 2.05) is 41.5 Å². The Balaban J connectivity index is -0.000000240. The molecule has 0 aliphatic carbocycles. The Bertz CT molecular complexity index is 656. The summed E-state index contributed by atoms with van der Waals surface area (Å²) >= 11 is 0. The van der Waals surface area contributed by atoms with Gasteiger partial charge in [-0.15, -0.1) is 19.4 Å². The second-order valence-corrected chi connectivity index (χ2v) is 9.64. The maximum Gasteiger partial charge on any atom is 0.273 e. The van der Waals surface area contributed by atoms with E-state index in [2.05, 4.69) is 25.0 Å². The number of rotatable bonds is 23. The van der Waals surface area contributed by atoms with Crippen molar-refractivity contribution in [2.45, 2.75) is 79.6 Å². The van der Waals surface area contributed by atoms with E-state index in [1.165, 1.54) is 20.1 Å². The fraction of sp³-hybridized carbons (Fsp3) is 0.758. The van der Waals surface area contributed by atoms with Crippen LogP contribution in [-0.2, 0) is 37.9 Å². The molecule has 10 heteroatoms. The summed E-state index contributed by atoms with van der Waals surface area (Å²) in [5, 5.41) is 0. The maximum absolute atomic E-state index is 12.9. The first kappa shape index (κ1) is 47.9. The Hall–Kier alpha value is -2.02. The Morgan fingerprint density at radius 2 is 1.02 bits per heavy atom. The number of hydrogen-bond acceptors (Lipinski definition) is 8. The first-order valence-corrected chi connectivity index (χ1v) is 14.6. The third-order valence-electron chi connectivity index (χ3n) is 4.25. The van der Waals surface area contributed by atoms with Gasteiger partial charge in [0.1, 0.15) is 26.4 Å². The van der Waals surface area contributed by atoms with Gasteiger partial charge in [0, 0.05) is 5.92 Å². The van der Waals surface area contributed by atoms with Crippen LogP contribution in [0.3, 0.4) is 0 Å². The molecule has 0 rings (SSSR count). The second kappa shape index (κ2) is 38.0. The van der Waals surface area contributed by atoms with Crippen molar-refractivity contribution in [3.63, 3.8) is 0 Å². The highest BCUT2D eigenvalue weighted by Crippen LogP contribution is 2.23. The van der Waals surface area contributed by atoms with Crippen molar-refractivity contribution in [3.8, 4) is 24.7 Å². The Morgan fingerprint density at radius 3 is 1.40 bits per heavy atom. The summed E-state index contributed by atoms with van der Waals surface area (Å²) in [5.74, 6) is 1.16. The van der Waals surface area contributed by atoms with Crippen LogP contribution < -0.4 is 0 Å². The number of ether oxygens (including phenoxy) is 8. The third kappa shape index (κ3) is 53.0. The van der Waals surface area contributed by atoms with E-state index < -0.39 is 18.4 Å². The molecule has 0 N–H and O–H groups in total. The first-order chi connectivity index (χ1) is 20.3. The lowest BCUT2D eigenvalue weighted by Gasteiger charge is -2.19. The van der Waals surface area contributed by atoms with Crippen LogP contribution in [0.2, 0.25) is 0 Å². The Kier molecular flexibility index (Phi) is 42.3. The van der Waals surface area contributed by atoms with Gasteiger partial charge in [0.2, 0.25) is 0 Å². The van der Waals surface area contributed by atoms with Crippen molar-refractivity contribution in [2.24, 2.45) is 5.92 Å². The summed E-state index contributed by atoms with van der Waals surface area (Å²) in [6.45, 7) is 26.6. The zero-order chi connectivity index (χ0) is 33.8. The molecule has 0 aromatic heterocycles. The summed E-state index contributed by atoms with van der Waals surface area (Å²) in [6.07, 6.45) is 13.9. The standard InChI is InChI=1S/C10H16F2O2.C8H16O2.C8H14O2.C7H14O2/c1-4-5-13-6-7-14-8-10(11,12)9(2)3;2*1-4-5-9-6-7-10-8(2)3;1-4-8-5-6-9-7(2)3/h1,9H,5-8H2,2-3H3;4,8H,1,5-7H2,2-3H3;1,8H,5-7H2,2-3H3;4,7H,1,5-6H2,2-3H3. The molecule has 0 unspecified atom stereocenters. The van der Waals surface area contributed by atoms with Crippen LogP contribution >= 0.6 is 0 Å². The maximum atomic E-state index is 12.9. The zero-order valence-corrected chi connectivity index (χ0v) is 28.0. The molecule has 0 aromatic rings. The lowest BCUT2D eigenvalue weighted by Crippen LogP contribution is -2.30. The monoisotopic (exact) mass is 622 g/mol. The fourth-order valence-electron chi connectivity index (χ4n) is 2.02. The smallest absolute Gasteiger partial charge is 0.273 e. The summed E-state index contributed by atoms with van der Waals surface area (Å²) < 4.78 is 65.9. The first-order valence-electron chi connectivity index (χ1n) is 14.6. The minimum atomic E-state index is -2.77. The highest BCUT2D eigenvalue weighted by molar-refractivity contribution is 4.83. The molecule has 0 atom stereocenters. The molecule has 0 saturated heterocycles. The third-order valence-corrected chi connectivity index (χ3v) is 4.25. The number of hydrogen-bond donors (Lipinski definition) is 0. The lowest BCUT2D eigenvalue weighted by molar-refractivity contribution is -0.113. The van der Waals surface area contributed by atoms with Crippen molar-refractivity contribution < 1.29 is 46.7 Å². The van der Waals surface area contributed by atoms with Crippen LogP contribution in [0.15, 0.2) is 25.5 Å². The average molecular weight is 623 g/mol. The average Bonchev–Trinajstić information content (AvgIpc) is 2.93. The number of halogens is 2. The van der Waals surface area contributed by atoms with Crippen LogP contribution in [0, 0.1) is 30.6 Å². The lowest BCUT2D eigenvalue weighted by atomic mass is 10.1. The molecule has 0 heterocycles. The fourth-order valence-corrected chi connectivity index (χ4v) is 2.02. The quantitative estimate of drug-likeness (QED) is 0.0578. The largest absolute Gasteiger partial charge is 0.499 e. The summed E-state index contributed by atoms with van der Waals surface area (Å²) in [6, 6.07) is 0. The molecule has 8 nitrogen and oxygen atoms in total. The molecule has 0 radical (unpaired) electrons. The van der Waals surface area contributed by atoms with Crippen LogP contribution in [0.1, 0.15) is 55.4 Å². The van der Waals surface area contributed by atoms with Gasteiger partial charge in [0.15, 0.2) is 0 Å². The van der Waals surface area contributed by atoms with E-state index in [1.54, 1.807) is 6.08 Å². The normalized spacial score (nSPS) is 10.5. The molecular formula is C33H60F2O8. The van der Waals surface area contributed by atoms with E-state index in [0.29, 0.717) is 65.1 Å². The molecule has 43 heavy (non-hydrogen) atoms. The molecule has 0 fully saturated rings. The Morgan fingerprint density at radius 1 is 0.628 bits per heavy atom. The predicted octanol–water partition coefficient (Wildman–Crippen LogP) is 6.19. The summed E-state index contributed by atoms with van der Waals surface area (Å²) in [4.78, 5) is 0.